The number of nitrogens with zero attached hydrogens (tertiary/aromatic N) is 1. The van der Waals surface area contributed by atoms with Crippen LogP contribution in [0, 0.1) is 6.92 Å². The van der Waals surface area contributed by atoms with Gasteiger partial charge in [0.25, 0.3) is 5.91 Å². The second-order valence-electron chi connectivity index (χ2n) is 6.91. The van der Waals surface area contributed by atoms with E-state index in [0.29, 0.717) is 35.1 Å². The summed E-state index contributed by atoms with van der Waals surface area (Å²) in [4.78, 5) is 39.8. The molecule has 2 N–H and O–H groups in total. The smallest absolute Gasteiger partial charge is 0.341 e. The predicted molar refractivity (Wildman–Crippen MR) is 119 cm³/mol. The van der Waals surface area contributed by atoms with Gasteiger partial charge >= 0.3 is 5.97 Å². The van der Waals surface area contributed by atoms with Crippen LogP contribution in [-0.4, -0.2) is 42.9 Å². The molecule has 0 aliphatic rings. The molecule has 170 valence electrons. The molecule has 9 nitrogen and oxygen atoms in total. The Hall–Kier alpha value is -3.37. The second-order valence-corrected chi connectivity index (χ2v) is 7.93. The summed E-state index contributed by atoms with van der Waals surface area (Å²) in [6, 6.07) is 7.20. The molecule has 0 radical (unpaired) electrons. The Balaban J connectivity index is 1.80. The number of amides is 2. The van der Waals surface area contributed by atoms with Crippen LogP contribution in [0.4, 0.5) is 5.00 Å². The maximum atomic E-state index is 12.9. The molecular weight excluding hydrogens is 434 g/mol. The first-order valence-corrected chi connectivity index (χ1v) is 10.8. The minimum atomic E-state index is -0.588. The first-order valence-electron chi connectivity index (χ1n) is 10.0. The van der Waals surface area contributed by atoms with Gasteiger partial charge in [-0.25, -0.2) is 4.79 Å². The van der Waals surface area contributed by atoms with E-state index in [0.717, 1.165) is 11.3 Å². The lowest BCUT2D eigenvalue weighted by atomic mass is 10.1. The van der Waals surface area contributed by atoms with Crippen LogP contribution in [-0.2, 0) is 22.6 Å². The zero-order valence-corrected chi connectivity index (χ0v) is 18.9. The van der Waals surface area contributed by atoms with Crippen LogP contribution in [0.25, 0.3) is 0 Å². The minimum absolute atomic E-state index is 0.00984. The van der Waals surface area contributed by atoms with Crippen molar-refractivity contribution in [2.75, 3.05) is 25.5 Å². The normalized spacial score (nSPS) is 10.9. The maximum absolute atomic E-state index is 12.9. The van der Waals surface area contributed by atoms with Gasteiger partial charge in [0.2, 0.25) is 5.91 Å². The standard InChI is InChI=1S/C22H25N3O6S/c1-4-29-22(28)18-14(2)19(20(27)23-3)32-21(18)24-17(26)13-25(11-15-7-5-9-30-15)12-16-8-6-10-31-16/h5-10H,4,11-13H2,1-3H3,(H,23,27)(H,24,26). The highest BCUT2D eigenvalue weighted by Gasteiger charge is 2.26. The van der Waals surface area contributed by atoms with Crippen molar-refractivity contribution < 1.29 is 28.0 Å². The van der Waals surface area contributed by atoms with E-state index in [9.17, 15) is 14.4 Å². The monoisotopic (exact) mass is 459 g/mol. The largest absolute Gasteiger partial charge is 0.468 e. The number of esters is 1. The number of ether oxygens (including phenoxy) is 1. The fourth-order valence-corrected chi connectivity index (χ4v) is 4.32. The van der Waals surface area contributed by atoms with Gasteiger partial charge in [-0.05, 0) is 43.7 Å². The van der Waals surface area contributed by atoms with Crippen LogP contribution in [0.3, 0.4) is 0 Å². The molecule has 0 unspecified atom stereocenters. The maximum Gasteiger partial charge on any atom is 0.341 e. The van der Waals surface area contributed by atoms with E-state index in [4.69, 9.17) is 13.6 Å². The molecule has 0 aliphatic carbocycles. The number of rotatable bonds is 10. The lowest BCUT2D eigenvalue weighted by Crippen LogP contribution is -2.32. The van der Waals surface area contributed by atoms with Crippen LogP contribution in [0.15, 0.2) is 45.6 Å². The van der Waals surface area contributed by atoms with Gasteiger partial charge in [-0.3, -0.25) is 14.5 Å². The summed E-state index contributed by atoms with van der Waals surface area (Å²) in [5, 5.41) is 5.60. The van der Waals surface area contributed by atoms with Gasteiger partial charge in [-0.15, -0.1) is 11.3 Å². The number of furan rings is 2. The number of nitrogens with one attached hydrogen (secondary N) is 2. The molecular formula is C22H25N3O6S. The zero-order chi connectivity index (χ0) is 23.1. The summed E-state index contributed by atoms with van der Waals surface area (Å²) < 4.78 is 16.0. The average molecular weight is 460 g/mol. The Morgan fingerprint density at radius 1 is 1.09 bits per heavy atom. The van der Waals surface area contributed by atoms with Crippen molar-refractivity contribution >= 4 is 34.1 Å². The summed E-state index contributed by atoms with van der Waals surface area (Å²) >= 11 is 1.04. The summed E-state index contributed by atoms with van der Waals surface area (Å²) in [5.41, 5.74) is 0.651. The third kappa shape index (κ3) is 5.65. The van der Waals surface area contributed by atoms with Crippen molar-refractivity contribution in [2.45, 2.75) is 26.9 Å². The van der Waals surface area contributed by atoms with Crippen molar-refractivity contribution in [2.24, 2.45) is 0 Å². The molecule has 0 aromatic carbocycles. The van der Waals surface area contributed by atoms with Crippen molar-refractivity contribution in [1.82, 2.24) is 10.2 Å². The van der Waals surface area contributed by atoms with E-state index in [1.165, 1.54) is 7.05 Å². The van der Waals surface area contributed by atoms with E-state index in [-0.39, 0.29) is 35.5 Å². The molecule has 0 aliphatic heterocycles. The third-order valence-electron chi connectivity index (χ3n) is 4.60. The van der Waals surface area contributed by atoms with Crippen molar-refractivity contribution in [3.8, 4) is 0 Å². The van der Waals surface area contributed by atoms with Gasteiger partial charge in [0, 0.05) is 7.05 Å². The molecule has 0 saturated carbocycles. The number of hydrogen-bond acceptors (Lipinski definition) is 8. The van der Waals surface area contributed by atoms with Gasteiger partial charge in [0.1, 0.15) is 16.5 Å². The van der Waals surface area contributed by atoms with E-state index < -0.39 is 5.97 Å². The molecule has 0 fully saturated rings. The molecule has 3 rings (SSSR count). The highest BCUT2D eigenvalue weighted by molar-refractivity contribution is 7.18. The SMILES string of the molecule is CCOC(=O)c1c(NC(=O)CN(Cc2ccco2)Cc2ccco2)sc(C(=O)NC)c1C. The topological polar surface area (TPSA) is 114 Å². The Morgan fingerprint density at radius 2 is 1.72 bits per heavy atom. The summed E-state index contributed by atoms with van der Waals surface area (Å²) in [6.07, 6.45) is 3.14. The van der Waals surface area contributed by atoms with Crippen LogP contribution in [0.2, 0.25) is 0 Å². The zero-order valence-electron chi connectivity index (χ0n) is 18.1. The summed E-state index contributed by atoms with van der Waals surface area (Å²) in [6.45, 7) is 4.31. The number of carbonyl (C=O) groups excluding carboxylic acids is 3. The van der Waals surface area contributed by atoms with E-state index in [1.807, 2.05) is 17.0 Å². The molecule has 0 spiro atoms. The Bertz CT molecular complexity index is 1020. The molecule has 3 heterocycles. The lowest BCUT2D eigenvalue weighted by Gasteiger charge is -2.19. The van der Waals surface area contributed by atoms with Crippen LogP contribution >= 0.6 is 11.3 Å². The first-order chi connectivity index (χ1) is 15.4. The van der Waals surface area contributed by atoms with Crippen LogP contribution in [0.5, 0.6) is 0 Å². The van der Waals surface area contributed by atoms with Gasteiger partial charge in [0.15, 0.2) is 0 Å². The van der Waals surface area contributed by atoms with Gasteiger partial charge < -0.3 is 24.2 Å². The quantitative estimate of drug-likeness (QED) is 0.447. The highest BCUT2D eigenvalue weighted by Crippen LogP contribution is 2.33. The fourth-order valence-electron chi connectivity index (χ4n) is 3.16. The number of anilines is 1. The molecule has 10 heteroatoms. The Kier molecular flexibility index (Phi) is 7.85. The second kappa shape index (κ2) is 10.8. The number of thiophene rings is 1. The third-order valence-corrected chi connectivity index (χ3v) is 5.80. The van der Waals surface area contributed by atoms with E-state index >= 15 is 0 Å². The first kappa shape index (κ1) is 23.3. The van der Waals surface area contributed by atoms with E-state index in [1.54, 1.807) is 38.5 Å². The van der Waals surface area contributed by atoms with Crippen LogP contribution in [0.1, 0.15) is 44.0 Å². The molecule has 2 amide bonds. The van der Waals surface area contributed by atoms with E-state index in [2.05, 4.69) is 10.6 Å². The number of carbonyl (C=O) groups is 3. The summed E-state index contributed by atoms with van der Waals surface area (Å²) in [5.74, 6) is 0.125. The van der Waals surface area contributed by atoms with Crippen LogP contribution < -0.4 is 10.6 Å². The number of hydrogen-bond donors (Lipinski definition) is 2. The Labute approximate surface area is 189 Å². The highest BCUT2D eigenvalue weighted by atomic mass is 32.1. The fraction of sp³-hybridized carbons (Fsp3) is 0.318. The average Bonchev–Trinajstić information content (AvgIpc) is 3.50. The van der Waals surface area contributed by atoms with Gasteiger partial charge in [0.05, 0.1) is 49.2 Å². The van der Waals surface area contributed by atoms with Crippen molar-refractivity contribution in [3.05, 3.63) is 64.3 Å². The summed E-state index contributed by atoms with van der Waals surface area (Å²) in [7, 11) is 1.50. The molecule has 0 atom stereocenters. The van der Waals surface area contributed by atoms with Crippen molar-refractivity contribution in [1.29, 1.82) is 0 Å². The van der Waals surface area contributed by atoms with Gasteiger partial charge in [-0.1, -0.05) is 0 Å². The minimum Gasteiger partial charge on any atom is -0.468 e. The molecule has 3 aromatic heterocycles. The van der Waals surface area contributed by atoms with Crippen molar-refractivity contribution in [3.63, 3.8) is 0 Å². The molecule has 0 saturated heterocycles. The predicted octanol–water partition coefficient (Wildman–Crippen LogP) is 3.42. The molecule has 3 aromatic rings. The molecule has 0 bridgehead atoms. The lowest BCUT2D eigenvalue weighted by molar-refractivity contribution is -0.117. The van der Waals surface area contributed by atoms with Gasteiger partial charge in [-0.2, -0.15) is 0 Å². The Morgan fingerprint density at radius 3 is 2.22 bits per heavy atom. The molecule has 32 heavy (non-hydrogen) atoms.